The number of hydrogen-bond donors (Lipinski definition) is 1. The first kappa shape index (κ1) is 19.9. The second-order valence-corrected chi connectivity index (χ2v) is 8.75. The maximum Gasteiger partial charge on any atom is 0.223 e. The molecule has 2 aliphatic rings. The summed E-state index contributed by atoms with van der Waals surface area (Å²) in [6.45, 7) is 3.92. The van der Waals surface area contributed by atoms with E-state index in [0.29, 0.717) is 13.1 Å². The lowest BCUT2D eigenvalue weighted by atomic mass is 10.1. The summed E-state index contributed by atoms with van der Waals surface area (Å²) in [5.41, 5.74) is 2.29. The van der Waals surface area contributed by atoms with Crippen LogP contribution in [0.4, 0.5) is 5.82 Å². The lowest BCUT2D eigenvalue weighted by Gasteiger charge is -2.29. The molecule has 0 aliphatic carbocycles. The zero-order chi connectivity index (χ0) is 20.1. The van der Waals surface area contributed by atoms with E-state index in [1.165, 1.54) is 29.7 Å². The second kappa shape index (κ2) is 9.39. The largest absolute Gasteiger partial charge is 0.356 e. The topological polar surface area (TPSA) is 65.5 Å². The van der Waals surface area contributed by atoms with Gasteiger partial charge in [-0.05, 0) is 48.8 Å². The molecule has 0 saturated carbocycles. The summed E-state index contributed by atoms with van der Waals surface area (Å²) in [7, 11) is 0. The van der Waals surface area contributed by atoms with Gasteiger partial charge in [-0.1, -0.05) is 6.07 Å². The van der Waals surface area contributed by atoms with Crippen molar-refractivity contribution < 1.29 is 9.59 Å². The summed E-state index contributed by atoms with van der Waals surface area (Å²) in [6.07, 6.45) is 6.87. The van der Waals surface area contributed by atoms with Crippen LogP contribution < -0.4 is 10.2 Å². The van der Waals surface area contributed by atoms with E-state index in [2.05, 4.69) is 26.6 Å². The van der Waals surface area contributed by atoms with Gasteiger partial charge in [0.1, 0.15) is 5.82 Å². The van der Waals surface area contributed by atoms with Crippen LogP contribution in [0.5, 0.6) is 0 Å². The fourth-order valence-corrected chi connectivity index (χ4v) is 4.97. The fourth-order valence-electron chi connectivity index (χ4n) is 4.08. The van der Waals surface area contributed by atoms with Crippen LogP contribution in [-0.4, -0.2) is 41.3 Å². The van der Waals surface area contributed by atoms with E-state index >= 15 is 0 Å². The highest BCUT2D eigenvalue weighted by Crippen LogP contribution is 2.24. The maximum atomic E-state index is 12.5. The molecule has 6 nitrogen and oxygen atoms in total. The number of pyridine rings is 1. The number of amides is 2. The van der Waals surface area contributed by atoms with Crippen molar-refractivity contribution in [2.75, 3.05) is 24.5 Å². The summed E-state index contributed by atoms with van der Waals surface area (Å²) in [5.74, 6) is 0.955. The SMILES string of the molecule is O=C(CCC(=O)N1CCc2sccc2C1)NCc1cccnc1N1CCCCC1. The van der Waals surface area contributed by atoms with Gasteiger partial charge in [0.2, 0.25) is 11.8 Å². The average molecular weight is 413 g/mol. The molecule has 0 unspecified atom stereocenters. The summed E-state index contributed by atoms with van der Waals surface area (Å²) >= 11 is 1.76. The second-order valence-electron chi connectivity index (χ2n) is 7.74. The number of rotatable bonds is 6. The van der Waals surface area contributed by atoms with Crippen molar-refractivity contribution in [1.82, 2.24) is 15.2 Å². The molecular weight excluding hydrogens is 384 g/mol. The highest BCUT2D eigenvalue weighted by Gasteiger charge is 2.22. The van der Waals surface area contributed by atoms with Gasteiger partial charge in [0.25, 0.3) is 0 Å². The quantitative estimate of drug-likeness (QED) is 0.792. The average Bonchev–Trinajstić information content (AvgIpc) is 3.25. The summed E-state index contributed by atoms with van der Waals surface area (Å²) in [5, 5.41) is 5.06. The Labute approximate surface area is 175 Å². The molecule has 154 valence electrons. The molecule has 2 aliphatic heterocycles. The minimum atomic E-state index is -0.0833. The van der Waals surface area contributed by atoms with Gasteiger partial charge >= 0.3 is 0 Å². The normalized spacial score (nSPS) is 16.4. The molecule has 0 radical (unpaired) electrons. The molecule has 1 fully saturated rings. The van der Waals surface area contributed by atoms with Crippen molar-refractivity contribution in [1.29, 1.82) is 0 Å². The standard InChI is InChI=1S/C22H28N4O2S/c27-20(6-7-21(28)26-13-8-19-18(16-26)9-14-29-19)24-15-17-5-4-10-23-22(17)25-11-2-1-3-12-25/h4-5,9-10,14H,1-3,6-8,11-13,15-16H2,(H,24,27). The monoisotopic (exact) mass is 412 g/mol. The van der Waals surface area contributed by atoms with Gasteiger partial charge in [-0.2, -0.15) is 0 Å². The van der Waals surface area contributed by atoms with Gasteiger partial charge in [0.15, 0.2) is 0 Å². The predicted molar refractivity (Wildman–Crippen MR) is 115 cm³/mol. The number of nitrogens with zero attached hydrogens (tertiary/aromatic N) is 3. The van der Waals surface area contributed by atoms with Crippen LogP contribution in [0.1, 0.15) is 48.1 Å². The molecule has 1 saturated heterocycles. The Morgan fingerprint density at radius 2 is 1.97 bits per heavy atom. The zero-order valence-corrected chi connectivity index (χ0v) is 17.5. The molecule has 0 bridgehead atoms. The summed E-state index contributed by atoms with van der Waals surface area (Å²) in [6, 6.07) is 6.03. The molecule has 0 atom stereocenters. The van der Waals surface area contributed by atoms with E-state index in [-0.39, 0.29) is 24.7 Å². The zero-order valence-electron chi connectivity index (χ0n) is 16.7. The van der Waals surface area contributed by atoms with Crippen molar-refractivity contribution in [3.05, 3.63) is 45.8 Å². The highest BCUT2D eigenvalue weighted by atomic mass is 32.1. The minimum absolute atomic E-state index is 0.0624. The molecule has 29 heavy (non-hydrogen) atoms. The number of carbonyl (C=O) groups excluding carboxylic acids is 2. The molecule has 0 spiro atoms. The number of nitrogens with one attached hydrogen (secondary N) is 1. The Bertz CT molecular complexity index is 860. The Kier molecular flexibility index (Phi) is 6.44. The third-order valence-corrected chi connectivity index (χ3v) is 6.75. The number of aromatic nitrogens is 1. The van der Waals surface area contributed by atoms with Gasteiger partial charge in [-0.3, -0.25) is 9.59 Å². The van der Waals surface area contributed by atoms with E-state index in [9.17, 15) is 9.59 Å². The third kappa shape index (κ3) is 4.96. The van der Waals surface area contributed by atoms with Crippen LogP contribution in [-0.2, 0) is 29.1 Å². The van der Waals surface area contributed by atoms with Gasteiger partial charge in [0, 0.05) is 62.2 Å². The molecule has 2 aromatic rings. The molecule has 4 heterocycles. The van der Waals surface area contributed by atoms with Crippen LogP contribution >= 0.6 is 11.3 Å². The molecular formula is C22H28N4O2S. The van der Waals surface area contributed by atoms with Gasteiger partial charge in [0.05, 0.1) is 0 Å². The van der Waals surface area contributed by atoms with Crippen LogP contribution in [0.3, 0.4) is 0 Å². The number of hydrogen-bond acceptors (Lipinski definition) is 5. The third-order valence-electron chi connectivity index (χ3n) is 5.73. The van der Waals surface area contributed by atoms with Crippen molar-refractivity contribution in [3.63, 3.8) is 0 Å². The Balaban J connectivity index is 1.25. The number of thiophene rings is 1. The number of anilines is 1. The summed E-state index contributed by atoms with van der Waals surface area (Å²) < 4.78 is 0. The first-order chi connectivity index (χ1) is 14.2. The molecule has 7 heteroatoms. The Morgan fingerprint density at radius 1 is 1.10 bits per heavy atom. The molecule has 1 N–H and O–H groups in total. The number of piperidine rings is 1. The molecule has 2 aromatic heterocycles. The van der Waals surface area contributed by atoms with Gasteiger partial charge in [-0.15, -0.1) is 11.3 Å². The molecule has 0 aromatic carbocycles. The van der Waals surface area contributed by atoms with E-state index in [0.717, 1.165) is 37.4 Å². The van der Waals surface area contributed by atoms with Crippen LogP contribution in [0.25, 0.3) is 0 Å². The lowest BCUT2D eigenvalue weighted by molar-refractivity contribution is -0.134. The van der Waals surface area contributed by atoms with Crippen molar-refractivity contribution >= 4 is 29.0 Å². The van der Waals surface area contributed by atoms with Crippen molar-refractivity contribution in [2.45, 2.75) is 51.6 Å². The van der Waals surface area contributed by atoms with Crippen LogP contribution in [0, 0.1) is 0 Å². The highest BCUT2D eigenvalue weighted by molar-refractivity contribution is 7.10. The maximum absolute atomic E-state index is 12.5. The molecule has 2 amide bonds. The lowest BCUT2D eigenvalue weighted by Crippen LogP contribution is -2.36. The van der Waals surface area contributed by atoms with Crippen molar-refractivity contribution in [3.8, 4) is 0 Å². The van der Waals surface area contributed by atoms with Crippen LogP contribution in [0.15, 0.2) is 29.8 Å². The van der Waals surface area contributed by atoms with Crippen LogP contribution in [0.2, 0.25) is 0 Å². The summed E-state index contributed by atoms with van der Waals surface area (Å²) in [4.78, 5) is 34.9. The van der Waals surface area contributed by atoms with Gasteiger partial charge < -0.3 is 15.1 Å². The Morgan fingerprint density at radius 3 is 2.83 bits per heavy atom. The minimum Gasteiger partial charge on any atom is -0.356 e. The number of carbonyl (C=O) groups is 2. The number of fused-ring (bicyclic) bond motifs is 1. The van der Waals surface area contributed by atoms with Gasteiger partial charge in [-0.25, -0.2) is 4.98 Å². The first-order valence-corrected chi connectivity index (χ1v) is 11.4. The van der Waals surface area contributed by atoms with E-state index < -0.39 is 0 Å². The smallest absolute Gasteiger partial charge is 0.223 e. The Hall–Kier alpha value is -2.41. The molecule has 4 rings (SSSR count). The van der Waals surface area contributed by atoms with E-state index in [4.69, 9.17) is 0 Å². The fraction of sp³-hybridized carbons (Fsp3) is 0.500. The first-order valence-electron chi connectivity index (χ1n) is 10.5. The predicted octanol–water partition coefficient (Wildman–Crippen LogP) is 3.11. The van der Waals surface area contributed by atoms with E-state index in [1.807, 2.05) is 23.2 Å². The van der Waals surface area contributed by atoms with Crippen molar-refractivity contribution in [2.24, 2.45) is 0 Å². The van der Waals surface area contributed by atoms with E-state index in [1.54, 1.807) is 11.3 Å².